The van der Waals surface area contributed by atoms with Crippen LogP contribution in [0.25, 0.3) is 11.3 Å². The molecule has 0 saturated carbocycles. The highest BCUT2D eigenvalue weighted by Gasteiger charge is 2.03. The zero-order valence-corrected chi connectivity index (χ0v) is 11.8. The van der Waals surface area contributed by atoms with Crippen LogP contribution in [0.5, 0.6) is 11.5 Å². The van der Waals surface area contributed by atoms with Gasteiger partial charge < -0.3 is 10.2 Å². The predicted octanol–water partition coefficient (Wildman–Crippen LogP) is 3.71. The van der Waals surface area contributed by atoms with Gasteiger partial charge in [-0.2, -0.15) is 0 Å². The quantitative estimate of drug-likeness (QED) is 0.771. The van der Waals surface area contributed by atoms with Gasteiger partial charge in [0, 0.05) is 10.5 Å². The van der Waals surface area contributed by atoms with Crippen molar-refractivity contribution in [3.63, 3.8) is 0 Å². The highest BCUT2D eigenvalue weighted by Crippen LogP contribution is 2.28. The summed E-state index contributed by atoms with van der Waals surface area (Å²) in [5.74, 6) is 0.472. The monoisotopic (exact) mass is 296 g/mol. The van der Waals surface area contributed by atoms with E-state index in [2.05, 4.69) is 10.2 Å². The van der Waals surface area contributed by atoms with Crippen LogP contribution in [0.2, 0.25) is 0 Å². The molecular formula is C16H12N2O2S. The number of hydrogen-bond donors (Lipinski definition) is 2. The third-order valence-corrected chi connectivity index (χ3v) is 3.80. The molecular weight excluding hydrogens is 284 g/mol. The third-order valence-electron chi connectivity index (χ3n) is 2.86. The van der Waals surface area contributed by atoms with Crippen LogP contribution >= 0.6 is 11.8 Å². The molecule has 1 heterocycles. The van der Waals surface area contributed by atoms with Crippen LogP contribution in [0.4, 0.5) is 0 Å². The fourth-order valence-electron chi connectivity index (χ4n) is 1.80. The van der Waals surface area contributed by atoms with E-state index in [4.69, 9.17) is 0 Å². The Labute approximate surface area is 126 Å². The second kappa shape index (κ2) is 5.85. The maximum Gasteiger partial charge on any atom is 0.124 e. The minimum absolute atomic E-state index is 0.228. The molecule has 0 aliphatic rings. The van der Waals surface area contributed by atoms with Crippen molar-refractivity contribution in [1.29, 1.82) is 0 Å². The van der Waals surface area contributed by atoms with Gasteiger partial charge in [-0.05, 0) is 60.7 Å². The molecule has 0 amide bonds. The molecule has 0 atom stereocenters. The Morgan fingerprint density at radius 3 is 1.86 bits per heavy atom. The van der Waals surface area contributed by atoms with Crippen molar-refractivity contribution in [2.24, 2.45) is 0 Å². The average Bonchev–Trinajstić information content (AvgIpc) is 2.51. The van der Waals surface area contributed by atoms with Crippen molar-refractivity contribution in [3.8, 4) is 22.8 Å². The number of benzene rings is 2. The van der Waals surface area contributed by atoms with Crippen LogP contribution in [0, 0.1) is 0 Å². The summed E-state index contributed by atoms with van der Waals surface area (Å²) >= 11 is 1.48. The fraction of sp³-hybridized carbons (Fsp3) is 0. The van der Waals surface area contributed by atoms with Gasteiger partial charge >= 0.3 is 0 Å². The lowest BCUT2D eigenvalue weighted by Crippen LogP contribution is -1.89. The predicted molar refractivity (Wildman–Crippen MR) is 81.4 cm³/mol. The third kappa shape index (κ3) is 3.32. The van der Waals surface area contributed by atoms with E-state index < -0.39 is 0 Å². The molecule has 0 spiro atoms. The maximum atomic E-state index is 9.27. The van der Waals surface area contributed by atoms with Crippen LogP contribution in [0.3, 0.4) is 0 Å². The Kier molecular flexibility index (Phi) is 3.75. The molecule has 0 fully saturated rings. The fourth-order valence-corrected chi connectivity index (χ4v) is 2.53. The van der Waals surface area contributed by atoms with E-state index in [1.165, 1.54) is 11.8 Å². The van der Waals surface area contributed by atoms with Crippen LogP contribution in [0.15, 0.2) is 70.6 Å². The van der Waals surface area contributed by atoms with Gasteiger partial charge in [0.2, 0.25) is 0 Å². The molecule has 0 aliphatic heterocycles. The summed E-state index contributed by atoms with van der Waals surface area (Å²) in [4.78, 5) is 0.986. The number of aromatic hydroxyl groups is 2. The highest BCUT2D eigenvalue weighted by atomic mass is 32.2. The number of phenolic OH excluding ortho intramolecular Hbond substituents is 2. The van der Waals surface area contributed by atoms with Crippen LogP contribution in [0.1, 0.15) is 0 Å². The van der Waals surface area contributed by atoms with Gasteiger partial charge in [-0.25, -0.2) is 0 Å². The molecule has 3 rings (SSSR count). The lowest BCUT2D eigenvalue weighted by molar-refractivity contribution is 0.474. The van der Waals surface area contributed by atoms with E-state index >= 15 is 0 Å². The Balaban J connectivity index is 1.77. The Morgan fingerprint density at radius 2 is 1.29 bits per heavy atom. The van der Waals surface area contributed by atoms with Crippen molar-refractivity contribution in [2.45, 2.75) is 9.92 Å². The lowest BCUT2D eigenvalue weighted by Gasteiger charge is -2.03. The number of nitrogens with zero attached hydrogens (tertiary/aromatic N) is 2. The van der Waals surface area contributed by atoms with Crippen molar-refractivity contribution < 1.29 is 10.2 Å². The van der Waals surface area contributed by atoms with Gasteiger partial charge in [-0.15, -0.1) is 10.2 Å². The minimum atomic E-state index is 0.228. The molecule has 4 nitrogen and oxygen atoms in total. The van der Waals surface area contributed by atoms with Gasteiger partial charge in [0.25, 0.3) is 0 Å². The smallest absolute Gasteiger partial charge is 0.124 e. The molecule has 21 heavy (non-hydrogen) atoms. The van der Waals surface area contributed by atoms with E-state index in [1.807, 2.05) is 24.3 Å². The first-order valence-electron chi connectivity index (χ1n) is 6.31. The van der Waals surface area contributed by atoms with Gasteiger partial charge in [-0.3, -0.25) is 0 Å². The maximum absolute atomic E-state index is 9.27. The second-order valence-electron chi connectivity index (χ2n) is 4.40. The van der Waals surface area contributed by atoms with Crippen LogP contribution in [-0.4, -0.2) is 20.4 Å². The summed E-state index contributed by atoms with van der Waals surface area (Å²) in [5.41, 5.74) is 1.66. The number of phenols is 2. The summed E-state index contributed by atoms with van der Waals surface area (Å²) in [6.45, 7) is 0. The van der Waals surface area contributed by atoms with Crippen molar-refractivity contribution in [3.05, 3.63) is 60.7 Å². The van der Waals surface area contributed by atoms with E-state index in [1.54, 1.807) is 36.4 Å². The molecule has 0 radical (unpaired) electrons. The lowest BCUT2D eigenvalue weighted by atomic mass is 10.1. The van der Waals surface area contributed by atoms with Crippen molar-refractivity contribution >= 4 is 11.8 Å². The summed E-state index contributed by atoms with van der Waals surface area (Å²) < 4.78 is 0. The zero-order chi connectivity index (χ0) is 14.7. The number of rotatable bonds is 3. The zero-order valence-electron chi connectivity index (χ0n) is 11.0. The topological polar surface area (TPSA) is 66.2 Å². The molecule has 0 aliphatic carbocycles. The van der Waals surface area contributed by atoms with E-state index in [0.717, 1.165) is 21.2 Å². The molecule has 2 N–H and O–H groups in total. The van der Waals surface area contributed by atoms with E-state index in [9.17, 15) is 10.2 Å². The van der Waals surface area contributed by atoms with Gasteiger partial charge in [0.1, 0.15) is 16.5 Å². The molecule has 104 valence electrons. The summed E-state index contributed by atoms with van der Waals surface area (Å²) in [5, 5.41) is 27.7. The first-order valence-corrected chi connectivity index (χ1v) is 7.12. The van der Waals surface area contributed by atoms with E-state index in [-0.39, 0.29) is 11.5 Å². The normalized spacial score (nSPS) is 10.5. The molecule has 3 aromatic rings. The van der Waals surface area contributed by atoms with Crippen molar-refractivity contribution in [2.75, 3.05) is 0 Å². The number of hydrogen-bond acceptors (Lipinski definition) is 5. The van der Waals surface area contributed by atoms with E-state index in [0.29, 0.717) is 0 Å². The summed E-state index contributed by atoms with van der Waals surface area (Å²) in [7, 11) is 0. The first kappa shape index (κ1) is 13.5. The van der Waals surface area contributed by atoms with Crippen LogP contribution in [-0.2, 0) is 0 Å². The minimum Gasteiger partial charge on any atom is -0.508 e. The van der Waals surface area contributed by atoms with Gasteiger partial charge in [0.15, 0.2) is 0 Å². The summed E-state index contributed by atoms with van der Waals surface area (Å²) in [6, 6.07) is 17.6. The van der Waals surface area contributed by atoms with Gasteiger partial charge in [-0.1, -0.05) is 11.8 Å². The summed E-state index contributed by atoms with van der Waals surface area (Å²) in [6.07, 6.45) is 0. The molecule has 0 unspecified atom stereocenters. The average molecular weight is 296 g/mol. The molecule has 2 aromatic carbocycles. The second-order valence-corrected chi connectivity index (χ2v) is 5.49. The standard InChI is InChI=1S/C16H12N2O2S/c19-12-3-1-11(2-4-12)15-9-10-16(18-17-15)21-14-7-5-13(20)6-8-14/h1-10,19-20H. The largest absolute Gasteiger partial charge is 0.508 e. The first-order chi connectivity index (χ1) is 10.2. The van der Waals surface area contributed by atoms with Crippen molar-refractivity contribution in [1.82, 2.24) is 10.2 Å². The highest BCUT2D eigenvalue weighted by molar-refractivity contribution is 7.99. The molecule has 0 saturated heterocycles. The Morgan fingerprint density at radius 1 is 0.667 bits per heavy atom. The Hall–Kier alpha value is -2.53. The molecule has 0 bridgehead atoms. The molecule has 1 aromatic heterocycles. The SMILES string of the molecule is Oc1ccc(Sc2ccc(-c3ccc(O)cc3)nn2)cc1. The molecule has 5 heteroatoms. The van der Waals surface area contributed by atoms with Crippen LogP contribution < -0.4 is 0 Å². The Bertz CT molecular complexity index is 726. The van der Waals surface area contributed by atoms with Gasteiger partial charge in [0.05, 0.1) is 5.69 Å². The number of aromatic nitrogens is 2.